The summed E-state index contributed by atoms with van der Waals surface area (Å²) in [6, 6.07) is 13.5. The molecule has 2 aromatic carbocycles. The highest BCUT2D eigenvalue weighted by Gasteiger charge is 2.03. The van der Waals surface area contributed by atoms with Gasteiger partial charge in [-0.15, -0.1) is 0 Å². The second-order valence-electron chi connectivity index (χ2n) is 5.02. The molecule has 3 nitrogen and oxygen atoms in total. The molecule has 22 heavy (non-hydrogen) atoms. The summed E-state index contributed by atoms with van der Waals surface area (Å²) >= 11 is 0. The standard InChI is InChI=1S/C18H14FNO2/c1-12-5-7-17-13(9-12)10-16(22-17)6-8-18(21)20-15-4-2-3-14(19)11-15/h2-11H,1H3,(H,20,21)/b8-6+. The molecule has 3 aromatic rings. The Morgan fingerprint density at radius 1 is 1.18 bits per heavy atom. The second kappa shape index (κ2) is 5.85. The van der Waals surface area contributed by atoms with E-state index in [4.69, 9.17) is 4.42 Å². The van der Waals surface area contributed by atoms with Crippen LogP contribution in [0.25, 0.3) is 17.0 Å². The molecule has 0 saturated heterocycles. The van der Waals surface area contributed by atoms with E-state index in [9.17, 15) is 9.18 Å². The van der Waals surface area contributed by atoms with Crippen LogP contribution in [0.2, 0.25) is 0 Å². The Balaban J connectivity index is 1.73. The van der Waals surface area contributed by atoms with Crippen LogP contribution in [0.4, 0.5) is 10.1 Å². The number of carbonyl (C=O) groups excluding carboxylic acids is 1. The summed E-state index contributed by atoms with van der Waals surface area (Å²) in [7, 11) is 0. The Hall–Kier alpha value is -2.88. The molecular weight excluding hydrogens is 281 g/mol. The lowest BCUT2D eigenvalue weighted by Crippen LogP contribution is -2.07. The average Bonchev–Trinajstić information content (AvgIpc) is 2.87. The maximum Gasteiger partial charge on any atom is 0.248 e. The van der Waals surface area contributed by atoms with Gasteiger partial charge in [-0.1, -0.05) is 17.7 Å². The van der Waals surface area contributed by atoms with Crippen molar-refractivity contribution in [3.8, 4) is 0 Å². The first-order valence-electron chi connectivity index (χ1n) is 6.85. The monoisotopic (exact) mass is 295 g/mol. The molecule has 1 aromatic heterocycles. The van der Waals surface area contributed by atoms with Gasteiger partial charge in [0, 0.05) is 17.1 Å². The third kappa shape index (κ3) is 3.23. The zero-order valence-corrected chi connectivity index (χ0v) is 12.0. The van der Waals surface area contributed by atoms with E-state index in [0.717, 1.165) is 16.5 Å². The summed E-state index contributed by atoms with van der Waals surface area (Å²) in [5.41, 5.74) is 2.33. The number of halogens is 1. The first-order chi connectivity index (χ1) is 10.6. The van der Waals surface area contributed by atoms with Crippen LogP contribution in [0.3, 0.4) is 0 Å². The molecule has 0 radical (unpaired) electrons. The van der Waals surface area contributed by atoms with E-state index < -0.39 is 5.82 Å². The van der Waals surface area contributed by atoms with Crippen molar-refractivity contribution in [1.82, 2.24) is 0 Å². The highest BCUT2D eigenvalue weighted by Crippen LogP contribution is 2.21. The van der Waals surface area contributed by atoms with Gasteiger partial charge < -0.3 is 9.73 Å². The fourth-order valence-corrected chi connectivity index (χ4v) is 2.17. The maximum atomic E-state index is 13.0. The van der Waals surface area contributed by atoms with Gasteiger partial charge in [-0.3, -0.25) is 4.79 Å². The van der Waals surface area contributed by atoms with Crippen LogP contribution in [0.5, 0.6) is 0 Å². The molecule has 3 rings (SSSR count). The molecule has 0 aliphatic heterocycles. The summed E-state index contributed by atoms with van der Waals surface area (Å²) < 4.78 is 18.7. The van der Waals surface area contributed by atoms with Crippen molar-refractivity contribution in [3.05, 3.63) is 71.7 Å². The van der Waals surface area contributed by atoms with Gasteiger partial charge in [-0.25, -0.2) is 4.39 Å². The number of anilines is 1. The lowest BCUT2D eigenvalue weighted by Gasteiger charge is -2.00. The summed E-state index contributed by atoms with van der Waals surface area (Å²) in [4.78, 5) is 11.8. The van der Waals surface area contributed by atoms with E-state index in [1.807, 2.05) is 31.2 Å². The molecule has 0 saturated carbocycles. The van der Waals surface area contributed by atoms with E-state index in [-0.39, 0.29) is 5.91 Å². The molecule has 0 fully saturated rings. The van der Waals surface area contributed by atoms with Gasteiger partial charge in [0.25, 0.3) is 0 Å². The minimum absolute atomic E-state index is 0.345. The lowest BCUT2D eigenvalue weighted by atomic mass is 10.2. The molecular formula is C18H14FNO2. The third-order valence-electron chi connectivity index (χ3n) is 3.18. The number of amides is 1. The predicted octanol–water partition coefficient (Wildman–Crippen LogP) is 4.53. The highest BCUT2D eigenvalue weighted by atomic mass is 19.1. The number of carbonyl (C=O) groups is 1. The van der Waals surface area contributed by atoms with Crippen LogP contribution in [0, 0.1) is 12.7 Å². The van der Waals surface area contributed by atoms with Gasteiger partial charge in [0.2, 0.25) is 5.91 Å². The number of furan rings is 1. The van der Waals surface area contributed by atoms with E-state index >= 15 is 0 Å². The SMILES string of the molecule is Cc1ccc2oc(/C=C/C(=O)Nc3cccc(F)c3)cc2c1. The lowest BCUT2D eigenvalue weighted by molar-refractivity contribution is -0.111. The number of nitrogens with one attached hydrogen (secondary N) is 1. The number of aryl methyl sites for hydroxylation is 1. The van der Waals surface area contributed by atoms with Crippen LogP contribution in [0.1, 0.15) is 11.3 Å². The van der Waals surface area contributed by atoms with Gasteiger partial charge in [0.1, 0.15) is 17.2 Å². The molecule has 0 unspecified atom stereocenters. The van der Waals surface area contributed by atoms with E-state index in [1.54, 1.807) is 12.1 Å². The largest absolute Gasteiger partial charge is 0.457 e. The van der Waals surface area contributed by atoms with Crippen LogP contribution >= 0.6 is 0 Å². The molecule has 4 heteroatoms. The van der Waals surface area contributed by atoms with Crippen molar-refractivity contribution in [3.63, 3.8) is 0 Å². The molecule has 1 heterocycles. The van der Waals surface area contributed by atoms with Gasteiger partial charge in [-0.2, -0.15) is 0 Å². The van der Waals surface area contributed by atoms with Crippen molar-refractivity contribution in [2.24, 2.45) is 0 Å². The fourth-order valence-electron chi connectivity index (χ4n) is 2.17. The molecule has 0 aliphatic rings. The van der Waals surface area contributed by atoms with Crippen molar-refractivity contribution in [2.45, 2.75) is 6.92 Å². The fraction of sp³-hybridized carbons (Fsp3) is 0.0556. The molecule has 1 amide bonds. The summed E-state index contributed by atoms with van der Waals surface area (Å²) in [5, 5.41) is 3.58. The zero-order chi connectivity index (χ0) is 15.5. The summed E-state index contributed by atoms with van der Waals surface area (Å²) in [6.45, 7) is 2.01. The minimum Gasteiger partial charge on any atom is -0.457 e. The van der Waals surface area contributed by atoms with Crippen molar-refractivity contribution >= 4 is 28.6 Å². The van der Waals surface area contributed by atoms with Crippen molar-refractivity contribution in [1.29, 1.82) is 0 Å². The number of fused-ring (bicyclic) bond motifs is 1. The summed E-state index contributed by atoms with van der Waals surface area (Å²) in [6.07, 6.45) is 2.94. The molecule has 0 bridgehead atoms. The smallest absolute Gasteiger partial charge is 0.248 e. The Bertz CT molecular complexity index is 864. The minimum atomic E-state index is -0.394. The number of hydrogen-bond acceptors (Lipinski definition) is 2. The normalized spacial score (nSPS) is 11.2. The van der Waals surface area contributed by atoms with Gasteiger partial charge in [0.05, 0.1) is 0 Å². The Kier molecular flexibility index (Phi) is 3.74. The van der Waals surface area contributed by atoms with Crippen LogP contribution in [0.15, 0.2) is 59.0 Å². The van der Waals surface area contributed by atoms with E-state index in [0.29, 0.717) is 11.4 Å². The predicted molar refractivity (Wildman–Crippen MR) is 85.0 cm³/mol. The van der Waals surface area contributed by atoms with Crippen molar-refractivity contribution in [2.75, 3.05) is 5.32 Å². The number of rotatable bonds is 3. The van der Waals surface area contributed by atoms with Crippen LogP contribution < -0.4 is 5.32 Å². The van der Waals surface area contributed by atoms with Crippen LogP contribution in [-0.4, -0.2) is 5.91 Å². The average molecular weight is 295 g/mol. The first-order valence-corrected chi connectivity index (χ1v) is 6.85. The van der Waals surface area contributed by atoms with Gasteiger partial charge >= 0.3 is 0 Å². The Labute approximate surface area is 127 Å². The molecule has 0 aliphatic carbocycles. The number of hydrogen-bond donors (Lipinski definition) is 1. The quantitative estimate of drug-likeness (QED) is 0.721. The van der Waals surface area contributed by atoms with E-state index in [2.05, 4.69) is 5.32 Å². The summed E-state index contributed by atoms with van der Waals surface area (Å²) in [5.74, 6) is -0.147. The maximum absolute atomic E-state index is 13.0. The van der Waals surface area contributed by atoms with Crippen molar-refractivity contribution < 1.29 is 13.6 Å². The number of benzene rings is 2. The Morgan fingerprint density at radius 2 is 2.05 bits per heavy atom. The third-order valence-corrected chi connectivity index (χ3v) is 3.18. The molecule has 1 N–H and O–H groups in total. The topological polar surface area (TPSA) is 42.2 Å². The van der Waals surface area contributed by atoms with Gasteiger partial charge in [0.15, 0.2) is 0 Å². The first kappa shape index (κ1) is 14.1. The second-order valence-corrected chi connectivity index (χ2v) is 5.02. The molecule has 110 valence electrons. The molecule has 0 atom stereocenters. The van der Waals surface area contributed by atoms with E-state index in [1.165, 1.54) is 24.3 Å². The zero-order valence-electron chi connectivity index (χ0n) is 12.0. The van der Waals surface area contributed by atoms with Crippen LogP contribution in [-0.2, 0) is 4.79 Å². The Morgan fingerprint density at radius 3 is 2.86 bits per heavy atom. The van der Waals surface area contributed by atoms with Gasteiger partial charge in [-0.05, 0) is 49.4 Å². The highest BCUT2D eigenvalue weighted by molar-refractivity contribution is 6.02. The molecule has 0 spiro atoms.